The molecule has 0 saturated heterocycles. The third-order valence-corrected chi connectivity index (χ3v) is 2.39. The normalized spacial score (nSPS) is 14.4. The quantitative estimate of drug-likeness (QED) is 0.784. The number of nitrogens with one attached hydrogen (secondary N) is 1. The fraction of sp³-hybridized carbons (Fsp3) is 0.778. The van der Waals surface area contributed by atoms with Crippen molar-refractivity contribution in [1.29, 1.82) is 0 Å². The van der Waals surface area contributed by atoms with Gasteiger partial charge in [0, 0.05) is 6.04 Å². The second kappa shape index (κ2) is 4.71. The first-order valence-corrected chi connectivity index (χ1v) is 4.64. The Balaban J connectivity index is 4.79. The summed E-state index contributed by atoms with van der Waals surface area (Å²) in [4.78, 5) is 21.5. The van der Waals surface area contributed by atoms with E-state index in [1.54, 1.807) is 5.32 Å². The van der Waals surface area contributed by atoms with Crippen molar-refractivity contribution >= 4 is 11.9 Å². The van der Waals surface area contributed by atoms with E-state index in [0.29, 0.717) is 0 Å². The smallest absolute Gasteiger partial charge is 0.471 e. The molecule has 16 heavy (non-hydrogen) atoms. The highest BCUT2D eigenvalue weighted by Crippen LogP contribution is 2.25. The average molecular weight is 241 g/mol. The van der Waals surface area contributed by atoms with E-state index in [9.17, 15) is 22.8 Å². The molecule has 1 amide bonds. The maximum atomic E-state index is 12.0. The first-order valence-electron chi connectivity index (χ1n) is 4.64. The van der Waals surface area contributed by atoms with Crippen LogP contribution in [0.15, 0.2) is 0 Å². The fourth-order valence-corrected chi connectivity index (χ4v) is 1.18. The monoisotopic (exact) mass is 241 g/mol. The second-order valence-electron chi connectivity index (χ2n) is 3.96. The molecule has 0 aliphatic rings. The van der Waals surface area contributed by atoms with Crippen molar-refractivity contribution in [3.05, 3.63) is 0 Å². The van der Waals surface area contributed by atoms with Crippen LogP contribution in [0.25, 0.3) is 0 Å². The summed E-state index contributed by atoms with van der Waals surface area (Å²) in [5.74, 6) is -3.38. The van der Waals surface area contributed by atoms with E-state index in [1.165, 1.54) is 20.8 Å². The van der Waals surface area contributed by atoms with Gasteiger partial charge in [-0.2, -0.15) is 13.2 Å². The van der Waals surface area contributed by atoms with Crippen molar-refractivity contribution in [1.82, 2.24) is 5.32 Å². The lowest BCUT2D eigenvalue weighted by Crippen LogP contribution is -2.52. The molecule has 0 bridgehead atoms. The van der Waals surface area contributed by atoms with Crippen molar-refractivity contribution in [2.24, 2.45) is 5.41 Å². The van der Waals surface area contributed by atoms with E-state index in [-0.39, 0.29) is 6.42 Å². The molecule has 0 aliphatic carbocycles. The predicted octanol–water partition coefficient (Wildman–Crippen LogP) is 1.55. The third kappa shape index (κ3) is 3.39. The van der Waals surface area contributed by atoms with Gasteiger partial charge >= 0.3 is 18.1 Å². The minimum absolute atomic E-state index is 0.0983. The van der Waals surface area contributed by atoms with E-state index >= 15 is 0 Å². The van der Waals surface area contributed by atoms with Crippen LogP contribution in [0.3, 0.4) is 0 Å². The van der Waals surface area contributed by atoms with Crippen LogP contribution in [0, 0.1) is 5.41 Å². The molecule has 2 N–H and O–H groups in total. The van der Waals surface area contributed by atoms with Crippen molar-refractivity contribution in [2.45, 2.75) is 39.4 Å². The highest BCUT2D eigenvalue weighted by atomic mass is 19.4. The Labute approximate surface area is 90.8 Å². The minimum Gasteiger partial charge on any atom is -0.481 e. The summed E-state index contributed by atoms with van der Waals surface area (Å²) in [6.07, 6.45) is -4.90. The highest BCUT2D eigenvalue weighted by Gasteiger charge is 2.44. The van der Waals surface area contributed by atoms with Gasteiger partial charge in [0.2, 0.25) is 0 Å². The van der Waals surface area contributed by atoms with Crippen LogP contribution in [0.5, 0.6) is 0 Å². The number of carbonyl (C=O) groups excluding carboxylic acids is 1. The largest absolute Gasteiger partial charge is 0.481 e. The lowest BCUT2D eigenvalue weighted by atomic mass is 9.83. The van der Waals surface area contributed by atoms with Crippen molar-refractivity contribution < 1.29 is 27.9 Å². The van der Waals surface area contributed by atoms with Crippen LogP contribution in [-0.4, -0.2) is 29.2 Å². The van der Waals surface area contributed by atoms with Gasteiger partial charge in [-0.25, -0.2) is 0 Å². The number of halogens is 3. The molecule has 7 heteroatoms. The molecule has 0 aromatic carbocycles. The van der Waals surface area contributed by atoms with Crippen LogP contribution < -0.4 is 5.32 Å². The number of rotatable bonds is 4. The van der Waals surface area contributed by atoms with E-state index in [1.807, 2.05) is 0 Å². The van der Waals surface area contributed by atoms with Gasteiger partial charge in [0.05, 0.1) is 5.41 Å². The molecule has 0 rings (SSSR count). The van der Waals surface area contributed by atoms with Crippen LogP contribution >= 0.6 is 0 Å². The summed E-state index contributed by atoms with van der Waals surface area (Å²) in [5, 5.41) is 10.5. The zero-order valence-electron chi connectivity index (χ0n) is 9.18. The van der Waals surface area contributed by atoms with Gasteiger partial charge in [-0.05, 0) is 20.3 Å². The van der Waals surface area contributed by atoms with Gasteiger partial charge in [-0.1, -0.05) is 6.92 Å². The molecule has 0 radical (unpaired) electrons. The Morgan fingerprint density at radius 3 is 2.00 bits per heavy atom. The third-order valence-electron chi connectivity index (χ3n) is 2.39. The Morgan fingerprint density at radius 1 is 1.31 bits per heavy atom. The molecule has 4 nitrogen and oxygen atoms in total. The lowest BCUT2D eigenvalue weighted by molar-refractivity contribution is -0.176. The molecule has 0 spiro atoms. The number of carboxylic acids is 1. The average Bonchev–Trinajstić information content (AvgIpc) is 2.11. The van der Waals surface area contributed by atoms with Gasteiger partial charge in [-0.3, -0.25) is 9.59 Å². The van der Waals surface area contributed by atoms with E-state index < -0.39 is 29.5 Å². The Hall–Kier alpha value is -1.27. The zero-order valence-corrected chi connectivity index (χ0v) is 9.18. The van der Waals surface area contributed by atoms with Gasteiger partial charge in [0.1, 0.15) is 0 Å². The minimum atomic E-state index is -5.00. The highest BCUT2D eigenvalue weighted by molar-refractivity contribution is 5.83. The topological polar surface area (TPSA) is 66.4 Å². The van der Waals surface area contributed by atoms with Gasteiger partial charge in [-0.15, -0.1) is 0 Å². The summed E-state index contributed by atoms with van der Waals surface area (Å²) in [6, 6.07) is -1.07. The summed E-state index contributed by atoms with van der Waals surface area (Å²) in [5.41, 5.74) is -1.45. The van der Waals surface area contributed by atoms with Crippen LogP contribution in [0.2, 0.25) is 0 Å². The number of aliphatic carboxylic acids is 1. The lowest BCUT2D eigenvalue weighted by Gasteiger charge is -2.30. The summed E-state index contributed by atoms with van der Waals surface area (Å²) in [6.45, 7) is 4.03. The second-order valence-corrected chi connectivity index (χ2v) is 3.96. The standard InChI is InChI=1S/C9H14F3NO3/c1-4-5(8(2,3)7(15)16)13-6(14)9(10,11)12/h5H,4H2,1-3H3,(H,13,14)(H,15,16). The summed E-state index contributed by atoms with van der Waals surface area (Å²) < 4.78 is 35.9. The number of carboxylic acid groups (broad SMARTS) is 1. The molecule has 0 aliphatic heterocycles. The first kappa shape index (κ1) is 14.7. The van der Waals surface area contributed by atoms with Crippen LogP contribution in [0.1, 0.15) is 27.2 Å². The van der Waals surface area contributed by atoms with Crippen LogP contribution in [0.4, 0.5) is 13.2 Å². The fourth-order valence-electron chi connectivity index (χ4n) is 1.18. The van der Waals surface area contributed by atoms with Crippen LogP contribution in [-0.2, 0) is 9.59 Å². The Morgan fingerprint density at radius 2 is 1.75 bits per heavy atom. The molecule has 0 fully saturated rings. The number of hydrogen-bond acceptors (Lipinski definition) is 2. The molecule has 0 heterocycles. The van der Waals surface area contributed by atoms with Crippen molar-refractivity contribution in [2.75, 3.05) is 0 Å². The number of amides is 1. The molecular formula is C9H14F3NO3. The molecule has 0 saturated carbocycles. The van der Waals surface area contributed by atoms with Crippen molar-refractivity contribution in [3.8, 4) is 0 Å². The number of carbonyl (C=O) groups is 2. The Bertz CT molecular complexity index is 286. The Kier molecular flexibility index (Phi) is 4.34. The van der Waals surface area contributed by atoms with Gasteiger partial charge in [0.25, 0.3) is 0 Å². The summed E-state index contributed by atoms with van der Waals surface area (Å²) in [7, 11) is 0. The maximum Gasteiger partial charge on any atom is 0.471 e. The summed E-state index contributed by atoms with van der Waals surface area (Å²) >= 11 is 0. The SMILES string of the molecule is CCC(NC(=O)C(F)(F)F)C(C)(C)C(=O)O. The zero-order chi connectivity index (χ0) is 13.1. The van der Waals surface area contributed by atoms with Gasteiger partial charge < -0.3 is 10.4 Å². The van der Waals surface area contributed by atoms with E-state index in [2.05, 4.69) is 0 Å². The molecule has 0 aromatic rings. The van der Waals surface area contributed by atoms with Crippen molar-refractivity contribution in [3.63, 3.8) is 0 Å². The maximum absolute atomic E-state index is 12.0. The first-order chi connectivity index (χ1) is 7.03. The molecule has 0 aromatic heterocycles. The number of hydrogen-bond donors (Lipinski definition) is 2. The predicted molar refractivity (Wildman–Crippen MR) is 49.7 cm³/mol. The molecular weight excluding hydrogens is 227 g/mol. The number of alkyl halides is 3. The van der Waals surface area contributed by atoms with E-state index in [4.69, 9.17) is 5.11 Å². The van der Waals surface area contributed by atoms with Gasteiger partial charge in [0.15, 0.2) is 0 Å². The molecule has 1 atom stereocenters. The molecule has 94 valence electrons. The molecule has 1 unspecified atom stereocenters. The van der Waals surface area contributed by atoms with E-state index in [0.717, 1.165) is 0 Å².